The Balaban J connectivity index is 1.76. The van der Waals surface area contributed by atoms with Crippen molar-refractivity contribution in [3.05, 3.63) is 88.2 Å². The van der Waals surface area contributed by atoms with E-state index in [1.165, 1.54) is 12.8 Å². The zero-order valence-electron chi connectivity index (χ0n) is 17.1. The number of methoxy groups -OCH3 is 1. The van der Waals surface area contributed by atoms with E-state index in [2.05, 4.69) is 20.9 Å². The Kier molecular flexibility index (Phi) is 6.40. The third-order valence-corrected chi connectivity index (χ3v) is 6.25. The summed E-state index contributed by atoms with van der Waals surface area (Å²) in [4.78, 5) is 4.45. The molecule has 1 fully saturated rings. The molecule has 5 heteroatoms. The van der Waals surface area contributed by atoms with Gasteiger partial charge in [-0.1, -0.05) is 40.2 Å². The molecule has 1 aromatic heterocycles. The van der Waals surface area contributed by atoms with Gasteiger partial charge in [-0.15, -0.1) is 0 Å². The monoisotopic (exact) mass is 467 g/mol. The predicted molar refractivity (Wildman–Crippen MR) is 121 cm³/mol. The third kappa shape index (κ3) is 4.52. The number of benzene rings is 2. The van der Waals surface area contributed by atoms with Gasteiger partial charge in [0.1, 0.15) is 5.60 Å². The van der Waals surface area contributed by atoms with Crippen LogP contribution in [0, 0.1) is 0 Å². The largest absolute Gasteiger partial charge is 0.493 e. The number of pyridine rings is 1. The predicted octanol–water partition coefficient (Wildman–Crippen LogP) is 5.65. The fourth-order valence-corrected chi connectivity index (χ4v) is 4.34. The third-order valence-electron chi connectivity index (χ3n) is 5.72. The van der Waals surface area contributed by atoms with Gasteiger partial charge in [-0.2, -0.15) is 0 Å². The van der Waals surface area contributed by atoms with E-state index in [4.69, 9.17) is 9.47 Å². The van der Waals surface area contributed by atoms with Crippen molar-refractivity contribution in [1.82, 2.24) is 4.98 Å². The Hall–Kier alpha value is -2.37. The molecule has 0 radical (unpaired) electrons. The van der Waals surface area contributed by atoms with Gasteiger partial charge >= 0.3 is 0 Å². The Morgan fingerprint density at radius 1 is 1.00 bits per heavy atom. The molecule has 0 spiro atoms. The Morgan fingerprint density at radius 2 is 1.73 bits per heavy atom. The van der Waals surface area contributed by atoms with Gasteiger partial charge in [0.05, 0.1) is 13.2 Å². The number of hydrogen-bond acceptors (Lipinski definition) is 4. The molecule has 1 N–H and O–H groups in total. The summed E-state index contributed by atoms with van der Waals surface area (Å²) in [6, 6.07) is 19.2. The first-order chi connectivity index (χ1) is 14.6. The maximum atomic E-state index is 12.0. The van der Waals surface area contributed by atoms with Crippen LogP contribution in [0.15, 0.2) is 71.3 Å². The second kappa shape index (κ2) is 9.19. The Labute approximate surface area is 186 Å². The van der Waals surface area contributed by atoms with E-state index in [9.17, 15) is 5.11 Å². The average molecular weight is 468 g/mol. The lowest BCUT2D eigenvalue weighted by molar-refractivity contribution is 0.0793. The van der Waals surface area contributed by atoms with Crippen LogP contribution in [0.3, 0.4) is 0 Å². The number of hydrogen-bond donors (Lipinski definition) is 1. The molecular weight excluding hydrogens is 442 g/mol. The van der Waals surface area contributed by atoms with Gasteiger partial charge in [-0.3, -0.25) is 4.98 Å². The van der Waals surface area contributed by atoms with Crippen LogP contribution in [0.1, 0.15) is 42.5 Å². The molecule has 1 aliphatic carbocycles. The highest BCUT2D eigenvalue weighted by Gasteiger charge is 2.34. The second-order valence-electron chi connectivity index (χ2n) is 7.75. The van der Waals surface area contributed by atoms with Gasteiger partial charge in [0.2, 0.25) is 0 Å². The minimum atomic E-state index is -1.25. The lowest BCUT2D eigenvalue weighted by Gasteiger charge is -2.30. The zero-order chi connectivity index (χ0) is 21.0. The Bertz CT molecular complexity index is 971. The molecule has 2 aromatic carbocycles. The lowest BCUT2D eigenvalue weighted by atomic mass is 9.82. The number of rotatable bonds is 7. The van der Waals surface area contributed by atoms with Crippen molar-refractivity contribution >= 4 is 15.9 Å². The second-order valence-corrected chi connectivity index (χ2v) is 8.67. The highest BCUT2D eigenvalue weighted by molar-refractivity contribution is 9.10. The topological polar surface area (TPSA) is 51.6 Å². The van der Waals surface area contributed by atoms with Gasteiger partial charge in [-0.05, 0) is 73.2 Å². The SMILES string of the molecule is COc1ccc(C(O)(Cc2ccccn2)c2ccc(Br)cc2)cc1OC1CCCC1. The molecule has 1 saturated carbocycles. The van der Waals surface area contributed by atoms with E-state index in [0.29, 0.717) is 17.9 Å². The van der Waals surface area contributed by atoms with Crippen LogP contribution in [0.25, 0.3) is 0 Å². The van der Waals surface area contributed by atoms with Crippen LogP contribution in [-0.4, -0.2) is 23.3 Å². The van der Waals surface area contributed by atoms with Crippen LogP contribution < -0.4 is 9.47 Å². The molecule has 0 amide bonds. The van der Waals surface area contributed by atoms with E-state index in [0.717, 1.165) is 34.1 Å². The summed E-state index contributed by atoms with van der Waals surface area (Å²) in [5.41, 5.74) is 1.12. The van der Waals surface area contributed by atoms with Crippen LogP contribution in [0.5, 0.6) is 11.5 Å². The van der Waals surface area contributed by atoms with E-state index in [-0.39, 0.29) is 6.10 Å². The molecular formula is C25H26BrNO3. The quantitative estimate of drug-likeness (QED) is 0.487. The fraction of sp³-hybridized carbons (Fsp3) is 0.320. The van der Waals surface area contributed by atoms with E-state index in [1.807, 2.05) is 60.7 Å². The molecule has 1 unspecified atom stereocenters. The molecule has 1 atom stereocenters. The number of aliphatic hydroxyl groups is 1. The fourth-order valence-electron chi connectivity index (χ4n) is 4.07. The normalized spacial score (nSPS) is 16.2. The van der Waals surface area contributed by atoms with Gasteiger partial charge in [0.15, 0.2) is 11.5 Å². The summed E-state index contributed by atoms with van der Waals surface area (Å²) in [6.45, 7) is 0. The average Bonchev–Trinajstić information content (AvgIpc) is 3.28. The highest BCUT2D eigenvalue weighted by atomic mass is 79.9. The minimum Gasteiger partial charge on any atom is -0.493 e. The smallest absolute Gasteiger partial charge is 0.161 e. The first-order valence-corrected chi connectivity index (χ1v) is 11.1. The summed E-state index contributed by atoms with van der Waals surface area (Å²) in [5.74, 6) is 1.36. The van der Waals surface area contributed by atoms with E-state index < -0.39 is 5.60 Å². The van der Waals surface area contributed by atoms with Crippen LogP contribution >= 0.6 is 15.9 Å². The van der Waals surface area contributed by atoms with E-state index >= 15 is 0 Å². The van der Waals surface area contributed by atoms with Crippen molar-refractivity contribution in [3.63, 3.8) is 0 Å². The van der Waals surface area contributed by atoms with Crippen molar-refractivity contribution in [2.24, 2.45) is 0 Å². The van der Waals surface area contributed by atoms with Crippen molar-refractivity contribution in [3.8, 4) is 11.5 Å². The molecule has 156 valence electrons. The molecule has 1 aliphatic rings. The Morgan fingerprint density at radius 3 is 2.40 bits per heavy atom. The standard InChI is InChI=1S/C25H26BrNO3/c1-29-23-14-11-19(16-24(23)30-22-7-2-3-8-22)25(28,17-21-6-4-5-15-27-21)18-9-12-20(26)13-10-18/h4-6,9-16,22,28H,2-3,7-8,17H2,1H3. The molecule has 1 heterocycles. The minimum absolute atomic E-state index is 0.200. The number of aromatic nitrogens is 1. The van der Waals surface area contributed by atoms with Gasteiger partial charge in [-0.25, -0.2) is 0 Å². The molecule has 3 aromatic rings. The molecule has 0 saturated heterocycles. The van der Waals surface area contributed by atoms with Crippen LogP contribution in [0.2, 0.25) is 0 Å². The maximum absolute atomic E-state index is 12.0. The van der Waals surface area contributed by atoms with Gasteiger partial charge in [0, 0.05) is 22.8 Å². The summed E-state index contributed by atoms with van der Waals surface area (Å²) < 4.78 is 12.8. The molecule has 4 rings (SSSR count). The van der Waals surface area contributed by atoms with Crippen molar-refractivity contribution in [1.29, 1.82) is 0 Å². The zero-order valence-corrected chi connectivity index (χ0v) is 18.6. The summed E-state index contributed by atoms with van der Waals surface area (Å²) in [7, 11) is 1.64. The van der Waals surface area contributed by atoms with Gasteiger partial charge < -0.3 is 14.6 Å². The van der Waals surface area contributed by atoms with Crippen molar-refractivity contribution < 1.29 is 14.6 Å². The van der Waals surface area contributed by atoms with Crippen LogP contribution in [-0.2, 0) is 12.0 Å². The summed E-state index contributed by atoms with van der Waals surface area (Å²) >= 11 is 3.48. The van der Waals surface area contributed by atoms with E-state index in [1.54, 1.807) is 13.3 Å². The number of nitrogens with zero attached hydrogens (tertiary/aromatic N) is 1. The molecule has 0 bridgehead atoms. The summed E-state index contributed by atoms with van der Waals surface area (Å²) in [5, 5.41) is 12.0. The molecule has 30 heavy (non-hydrogen) atoms. The molecule has 0 aliphatic heterocycles. The van der Waals surface area contributed by atoms with Gasteiger partial charge in [0.25, 0.3) is 0 Å². The number of ether oxygens (including phenoxy) is 2. The van der Waals surface area contributed by atoms with Crippen LogP contribution in [0.4, 0.5) is 0 Å². The first-order valence-electron chi connectivity index (χ1n) is 10.3. The first kappa shape index (κ1) is 20.9. The highest BCUT2D eigenvalue weighted by Crippen LogP contribution is 2.39. The van der Waals surface area contributed by atoms with Crippen molar-refractivity contribution in [2.45, 2.75) is 43.8 Å². The molecule has 4 nitrogen and oxygen atoms in total. The number of halogens is 1. The maximum Gasteiger partial charge on any atom is 0.161 e. The lowest BCUT2D eigenvalue weighted by Crippen LogP contribution is -2.30. The summed E-state index contributed by atoms with van der Waals surface area (Å²) in [6.07, 6.45) is 6.79. The van der Waals surface area contributed by atoms with Crippen molar-refractivity contribution in [2.75, 3.05) is 7.11 Å².